The Morgan fingerprint density at radius 3 is 2.77 bits per heavy atom. The third-order valence-electron chi connectivity index (χ3n) is 3.25. The highest BCUT2D eigenvalue weighted by Crippen LogP contribution is 2.29. The van der Waals surface area contributed by atoms with Crippen molar-refractivity contribution in [1.82, 2.24) is 4.57 Å². The number of carbonyl (C=O) groups is 1. The van der Waals surface area contributed by atoms with Crippen LogP contribution in [0.25, 0.3) is 5.57 Å². The predicted octanol–water partition coefficient (Wildman–Crippen LogP) is 1.01. The minimum atomic E-state index is -1.16. The summed E-state index contributed by atoms with van der Waals surface area (Å²) in [6.07, 6.45) is 3.66. The molecule has 116 valence electrons. The number of hydrogen-bond acceptors (Lipinski definition) is 4. The Balaban J connectivity index is 2.62. The first kappa shape index (κ1) is 16.1. The number of pyridine rings is 1. The summed E-state index contributed by atoms with van der Waals surface area (Å²) < 4.78 is 6.48. The highest BCUT2D eigenvalue weighted by molar-refractivity contribution is 6.18. The van der Waals surface area contributed by atoms with Crippen molar-refractivity contribution in [1.29, 1.82) is 0 Å². The lowest BCUT2D eigenvalue weighted by atomic mass is 10.0. The lowest BCUT2D eigenvalue weighted by molar-refractivity contribution is -0.136. The molecule has 0 spiro atoms. The van der Waals surface area contributed by atoms with Gasteiger partial charge in [0.15, 0.2) is 0 Å². The van der Waals surface area contributed by atoms with Gasteiger partial charge in [0.05, 0.1) is 12.2 Å². The quantitative estimate of drug-likeness (QED) is 0.654. The normalized spacial score (nSPS) is 13.0. The molecule has 0 saturated carbocycles. The van der Waals surface area contributed by atoms with Crippen molar-refractivity contribution in [3.8, 4) is 11.8 Å². The van der Waals surface area contributed by atoms with Crippen LogP contribution in [0.4, 0.5) is 0 Å². The molecular weight excluding hydrogens is 282 g/mol. The first-order valence-electron chi connectivity index (χ1n) is 7.10. The fourth-order valence-corrected chi connectivity index (χ4v) is 2.31. The maximum absolute atomic E-state index is 12.2. The molecule has 0 fully saturated rings. The van der Waals surface area contributed by atoms with Gasteiger partial charge in [-0.3, -0.25) is 4.79 Å². The highest BCUT2D eigenvalue weighted by atomic mass is 16.5. The number of allylic oxidation sites excluding steroid dienone is 1. The summed E-state index contributed by atoms with van der Waals surface area (Å²) in [5.74, 6) is 5.13. The summed E-state index contributed by atoms with van der Waals surface area (Å²) >= 11 is 0. The molecule has 5 heteroatoms. The maximum atomic E-state index is 12.2. The Bertz CT molecular complexity index is 767. The fraction of sp³-hybridized carbons (Fsp3) is 0.412. The zero-order valence-corrected chi connectivity index (χ0v) is 13.2. The number of aromatic nitrogens is 1. The topological polar surface area (TPSA) is 68.5 Å². The van der Waals surface area contributed by atoms with Crippen LogP contribution in [0.15, 0.2) is 17.1 Å². The third kappa shape index (κ3) is 3.12. The van der Waals surface area contributed by atoms with Gasteiger partial charge in [-0.05, 0) is 27.2 Å². The van der Waals surface area contributed by atoms with Gasteiger partial charge in [-0.1, -0.05) is 17.9 Å². The largest absolute Gasteiger partial charge is 0.462 e. The Morgan fingerprint density at radius 1 is 1.50 bits per heavy atom. The van der Waals surface area contributed by atoms with Crippen LogP contribution in [-0.4, -0.2) is 27.9 Å². The third-order valence-corrected chi connectivity index (χ3v) is 3.25. The van der Waals surface area contributed by atoms with Crippen molar-refractivity contribution < 1.29 is 14.6 Å². The smallest absolute Gasteiger partial charge is 0.338 e. The molecule has 1 N–H and O–H groups in total. The molecule has 1 aliphatic carbocycles. The van der Waals surface area contributed by atoms with Gasteiger partial charge in [-0.2, -0.15) is 0 Å². The summed E-state index contributed by atoms with van der Waals surface area (Å²) in [5.41, 5.74) is 0.657. The zero-order valence-electron chi connectivity index (χ0n) is 13.2. The molecule has 1 aliphatic rings. The standard InChI is InChI=1S/C17H19NO4/c1-5-22-16(20)13-7-6-12-14(13)11(8-9-17(2,3)21)10-18(4)15(12)19/h7,10,21H,5-6H2,1-4H3. The SMILES string of the molecule is CCOC(=O)C1=CCc2c1c(C#CC(C)(C)O)cn(C)c2=O. The molecule has 0 atom stereocenters. The van der Waals surface area contributed by atoms with Crippen molar-refractivity contribution in [2.24, 2.45) is 7.05 Å². The van der Waals surface area contributed by atoms with Crippen LogP contribution < -0.4 is 5.56 Å². The van der Waals surface area contributed by atoms with E-state index in [2.05, 4.69) is 11.8 Å². The van der Waals surface area contributed by atoms with E-state index in [9.17, 15) is 14.7 Å². The minimum Gasteiger partial charge on any atom is -0.462 e. The molecule has 0 aliphatic heterocycles. The van der Waals surface area contributed by atoms with E-state index in [1.165, 1.54) is 4.57 Å². The summed E-state index contributed by atoms with van der Waals surface area (Å²) in [5, 5.41) is 9.76. The van der Waals surface area contributed by atoms with Gasteiger partial charge < -0.3 is 14.4 Å². The Morgan fingerprint density at radius 2 is 2.18 bits per heavy atom. The van der Waals surface area contributed by atoms with Crippen molar-refractivity contribution in [3.05, 3.63) is 39.3 Å². The van der Waals surface area contributed by atoms with E-state index in [4.69, 9.17) is 4.74 Å². The molecule has 1 heterocycles. The molecule has 5 nitrogen and oxygen atoms in total. The number of rotatable bonds is 2. The molecule has 22 heavy (non-hydrogen) atoms. The van der Waals surface area contributed by atoms with Gasteiger partial charge in [0.2, 0.25) is 0 Å². The average molecular weight is 301 g/mol. The first-order valence-corrected chi connectivity index (χ1v) is 7.10. The van der Waals surface area contributed by atoms with Gasteiger partial charge in [-0.15, -0.1) is 0 Å². The second-order valence-electron chi connectivity index (χ2n) is 5.66. The minimum absolute atomic E-state index is 0.153. The molecule has 0 unspecified atom stereocenters. The van der Waals surface area contributed by atoms with Crippen LogP contribution in [-0.2, 0) is 23.0 Å². The van der Waals surface area contributed by atoms with E-state index in [-0.39, 0.29) is 12.2 Å². The van der Waals surface area contributed by atoms with E-state index in [0.717, 1.165) is 0 Å². The summed E-state index contributed by atoms with van der Waals surface area (Å²) in [4.78, 5) is 24.3. The number of carbonyl (C=O) groups excluding carboxylic acids is 1. The van der Waals surface area contributed by atoms with Gasteiger partial charge in [0.25, 0.3) is 5.56 Å². The molecule has 0 radical (unpaired) electrons. The maximum Gasteiger partial charge on any atom is 0.338 e. The number of aliphatic hydroxyl groups is 1. The monoisotopic (exact) mass is 301 g/mol. The summed E-state index contributed by atoms with van der Waals surface area (Å²) in [6, 6.07) is 0. The lowest BCUT2D eigenvalue weighted by Gasteiger charge is -2.11. The van der Waals surface area contributed by atoms with Crippen molar-refractivity contribution in [2.75, 3.05) is 6.61 Å². The predicted molar refractivity (Wildman–Crippen MR) is 83.2 cm³/mol. The van der Waals surface area contributed by atoms with E-state index < -0.39 is 11.6 Å². The van der Waals surface area contributed by atoms with Crippen molar-refractivity contribution >= 4 is 11.5 Å². The van der Waals surface area contributed by atoms with Gasteiger partial charge in [0.1, 0.15) is 5.60 Å². The number of ether oxygens (including phenoxy) is 1. The number of hydrogen-bond donors (Lipinski definition) is 1. The summed E-state index contributed by atoms with van der Waals surface area (Å²) in [6.45, 7) is 5.14. The van der Waals surface area contributed by atoms with Crippen LogP contribution >= 0.6 is 0 Å². The van der Waals surface area contributed by atoms with E-state index in [0.29, 0.717) is 28.7 Å². The van der Waals surface area contributed by atoms with E-state index >= 15 is 0 Å². The van der Waals surface area contributed by atoms with E-state index in [1.54, 1.807) is 40.1 Å². The zero-order chi connectivity index (χ0) is 16.5. The second kappa shape index (κ2) is 5.82. The van der Waals surface area contributed by atoms with Gasteiger partial charge >= 0.3 is 5.97 Å². The number of fused-ring (bicyclic) bond motifs is 1. The Labute approximate surface area is 129 Å². The van der Waals surface area contributed by atoms with Crippen LogP contribution in [0.1, 0.15) is 37.5 Å². The van der Waals surface area contributed by atoms with Crippen LogP contribution in [0.5, 0.6) is 0 Å². The van der Waals surface area contributed by atoms with Gasteiger partial charge in [0, 0.05) is 29.9 Å². The van der Waals surface area contributed by atoms with Crippen LogP contribution in [0, 0.1) is 11.8 Å². The molecule has 1 aromatic rings. The number of nitrogens with zero attached hydrogens (tertiary/aromatic N) is 1. The van der Waals surface area contributed by atoms with Crippen molar-refractivity contribution in [3.63, 3.8) is 0 Å². The Kier molecular flexibility index (Phi) is 4.25. The molecule has 1 aromatic heterocycles. The molecule has 0 amide bonds. The Hall–Kier alpha value is -2.32. The van der Waals surface area contributed by atoms with Crippen LogP contribution in [0.3, 0.4) is 0 Å². The molecular formula is C17H19NO4. The number of aryl methyl sites for hydroxylation is 1. The molecule has 0 bridgehead atoms. The van der Waals surface area contributed by atoms with E-state index in [1.807, 2.05) is 0 Å². The van der Waals surface area contributed by atoms with Gasteiger partial charge in [-0.25, -0.2) is 4.79 Å². The summed E-state index contributed by atoms with van der Waals surface area (Å²) in [7, 11) is 1.64. The second-order valence-corrected chi connectivity index (χ2v) is 5.66. The average Bonchev–Trinajstić information content (AvgIpc) is 2.86. The molecule has 2 rings (SSSR count). The highest BCUT2D eigenvalue weighted by Gasteiger charge is 2.27. The first-order chi connectivity index (χ1) is 10.2. The van der Waals surface area contributed by atoms with Crippen LogP contribution in [0.2, 0.25) is 0 Å². The lowest BCUT2D eigenvalue weighted by Crippen LogP contribution is -2.23. The van der Waals surface area contributed by atoms with Crippen molar-refractivity contribution in [2.45, 2.75) is 32.8 Å². The molecule has 0 aromatic carbocycles. The fourth-order valence-electron chi connectivity index (χ4n) is 2.31. The molecule has 0 saturated heterocycles. The number of esters is 1.